The minimum atomic E-state index is 0.0289. The van der Waals surface area contributed by atoms with E-state index >= 15 is 0 Å². The van der Waals surface area contributed by atoms with Crippen LogP contribution in [-0.2, 0) is 17.8 Å². The Morgan fingerprint density at radius 3 is 2.42 bits per heavy atom. The molecule has 0 aliphatic rings. The zero-order valence-corrected chi connectivity index (χ0v) is 15.2. The van der Waals surface area contributed by atoms with Crippen LogP contribution in [0.4, 0.5) is 0 Å². The third-order valence-electron chi connectivity index (χ3n) is 4.34. The molecule has 0 bridgehead atoms. The number of carbonyl (C=O) groups is 1. The maximum atomic E-state index is 12.7. The van der Waals surface area contributed by atoms with Gasteiger partial charge in [-0.1, -0.05) is 18.2 Å². The largest absolute Gasteiger partial charge is 0.497 e. The SMILES string of the molecule is COc1cc(CC(=O)N(C)Cc2ccnc3ccccc23)cc(OC)c1. The fourth-order valence-electron chi connectivity index (χ4n) is 2.91. The number of rotatable bonds is 6. The van der Waals surface area contributed by atoms with Gasteiger partial charge in [0.1, 0.15) is 11.5 Å². The van der Waals surface area contributed by atoms with Crippen LogP contribution >= 0.6 is 0 Å². The molecule has 3 aromatic rings. The van der Waals surface area contributed by atoms with Crippen LogP contribution in [0.15, 0.2) is 54.7 Å². The quantitative estimate of drug-likeness (QED) is 0.683. The first-order chi connectivity index (χ1) is 12.6. The highest BCUT2D eigenvalue weighted by Crippen LogP contribution is 2.23. The lowest BCUT2D eigenvalue weighted by molar-refractivity contribution is -0.129. The molecule has 5 heteroatoms. The summed E-state index contributed by atoms with van der Waals surface area (Å²) in [7, 11) is 5.01. The second-order valence-electron chi connectivity index (χ2n) is 6.13. The third-order valence-corrected chi connectivity index (χ3v) is 4.34. The van der Waals surface area contributed by atoms with Gasteiger partial charge < -0.3 is 14.4 Å². The molecule has 3 rings (SSSR count). The van der Waals surface area contributed by atoms with E-state index in [1.807, 2.05) is 49.5 Å². The molecule has 0 unspecified atom stereocenters. The van der Waals surface area contributed by atoms with Crippen molar-refractivity contribution in [3.8, 4) is 11.5 Å². The molecule has 1 aromatic heterocycles. The van der Waals surface area contributed by atoms with Crippen molar-refractivity contribution in [3.05, 3.63) is 65.9 Å². The average Bonchev–Trinajstić information content (AvgIpc) is 2.67. The Morgan fingerprint density at radius 1 is 1.04 bits per heavy atom. The van der Waals surface area contributed by atoms with Gasteiger partial charge >= 0.3 is 0 Å². The molecular formula is C21H22N2O3. The summed E-state index contributed by atoms with van der Waals surface area (Å²) in [5.41, 5.74) is 2.87. The van der Waals surface area contributed by atoms with Crippen molar-refractivity contribution < 1.29 is 14.3 Å². The molecule has 0 N–H and O–H groups in total. The molecule has 0 aliphatic heterocycles. The number of likely N-dealkylation sites (N-methyl/N-ethyl adjacent to an activating group) is 1. The van der Waals surface area contributed by atoms with E-state index in [1.54, 1.807) is 31.4 Å². The van der Waals surface area contributed by atoms with E-state index in [1.165, 1.54) is 0 Å². The normalized spacial score (nSPS) is 10.6. The van der Waals surface area contributed by atoms with Gasteiger partial charge in [0.15, 0.2) is 0 Å². The van der Waals surface area contributed by atoms with E-state index in [9.17, 15) is 4.79 Å². The minimum Gasteiger partial charge on any atom is -0.497 e. The van der Waals surface area contributed by atoms with Gasteiger partial charge in [0, 0.05) is 31.2 Å². The number of methoxy groups -OCH3 is 2. The fourth-order valence-corrected chi connectivity index (χ4v) is 2.91. The molecule has 0 saturated heterocycles. The van der Waals surface area contributed by atoms with Crippen LogP contribution in [0.1, 0.15) is 11.1 Å². The first-order valence-corrected chi connectivity index (χ1v) is 8.39. The molecule has 134 valence electrons. The van der Waals surface area contributed by atoms with Gasteiger partial charge in [-0.25, -0.2) is 0 Å². The number of aromatic nitrogens is 1. The van der Waals surface area contributed by atoms with Gasteiger partial charge in [-0.15, -0.1) is 0 Å². The highest BCUT2D eigenvalue weighted by Gasteiger charge is 2.13. The number of carbonyl (C=O) groups excluding carboxylic acids is 1. The van der Waals surface area contributed by atoms with Gasteiger partial charge in [-0.3, -0.25) is 9.78 Å². The van der Waals surface area contributed by atoms with Crippen LogP contribution in [0.5, 0.6) is 11.5 Å². The lowest BCUT2D eigenvalue weighted by Gasteiger charge is -2.19. The van der Waals surface area contributed by atoms with Crippen LogP contribution in [0.25, 0.3) is 10.9 Å². The topological polar surface area (TPSA) is 51.7 Å². The summed E-state index contributed by atoms with van der Waals surface area (Å²) >= 11 is 0. The highest BCUT2D eigenvalue weighted by molar-refractivity contribution is 5.83. The number of para-hydroxylation sites is 1. The number of fused-ring (bicyclic) bond motifs is 1. The van der Waals surface area contributed by atoms with E-state index in [0.717, 1.165) is 22.0 Å². The lowest BCUT2D eigenvalue weighted by Crippen LogP contribution is -2.27. The van der Waals surface area contributed by atoms with E-state index in [0.29, 0.717) is 18.0 Å². The zero-order valence-electron chi connectivity index (χ0n) is 15.2. The maximum Gasteiger partial charge on any atom is 0.227 e. The number of hydrogen-bond acceptors (Lipinski definition) is 4. The van der Waals surface area contributed by atoms with Crippen LogP contribution in [0.2, 0.25) is 0 Å². The van der Waals surface area contributed by atoms with E-state index in [-0.39, 0.29) is 12.3 Å². The van der Waals surface area contributed by atoms with Crippen LogP contribution < -0.4 is 9.47 Å². The Bertz CT molecular complexity index is 897. The predicted molar refractivity (Wildman–Crippen MR) is 101 cm³/mol. The molecule has 2 aromatic carbocycles. The van der Waals surface area contributed by atoms with Crippen molar-refractivity contribution in [2.24, 2.45) is 0 Å². The summed E-state index contributed by atoms with van der Waals surface area (Å²) in [6, 6.07) is 15.4. The van der Waals surface area contributed by atoms with Crippen LogP contribution in [-0.4, -0.2) is 37.1 Å². The molecule has 26 heavy (non-hydrogen) atoms. The molecule has 0 radical (unpaired) electrons. The number of benzene rings is 2. The van der Waals surface area contributed by atoms with E-state index in [2.05, 4.69) is 4.98 Å². The van der Waals surface area contributed by atoms with Gasteiger partial charge in [-0.2, -0.15) is 0 Å². The Morgan fingerprint density at radius 2 is 1.73 bits per heavy atom. The molecule has 5 nitrogen and oxygen atoms in total. The zero-order chi connectivity index (χ0) is 18.5. The molecule has 1 amide bonds. The van der Waals surface area contributed by atoms with Gasteiger partial charge in [-0.05, 0) is 35.4 Å². The summed E-state index contributed by atoms with van der Waals surface area (Å²) in [4.78, 5) is 18.8. The molecule has 0 atom stereocenters. The molecule has 0 saturated carbocycles. The van der Waals surface area contributed by atoms with Crippen molar-refractivity contribution >= 4 is 16.8 Å². The first kappa shape index (κ1) is 17.7. The second-order valence-corrected chi connectivity index (χ2v) is 6.13. The van der Waals surface area contributed by atoms with Crippen molar-refractivity contribution in [2.75, 3.05) is 21.3 Å². The van der Waals surface area contributed by atoms with Crippen molar-refractivity contribution in [3.63, 3.8) is 0 Å². The molecule has 1 heterocycles. The Balaban J connectivity index is 1.76. The summed E-state index contributed by atoms with van der Waals surface area (Å²) in [5.74, 6) is 1.38. The van der Waals surface area contributed by atoms with Gasteiger partial charge in [0.2, 0.25) is 5.91 Å². The van der Waals surface area contributed by atoms with Crippen LogP contribution in [0, 0.1) is 0 Å². The Hall–Kier alpha value is -3.08. The number of hydrogen-bond donors (Lipinski definition) is 0. The number of pyridine rings is 1. The first-order valence-electron chi connectivity index (χ1n) is 8.39. The minimum absolute atomic E-state index is 0.0289. The van der Waals surface area contributed by atoms with Crippen molar-refractivity contribution in [1.29, 1.82) is 0 Å². The molecule has 0 fully saturated rings. The summed E-state index contributed by atoms with van der Waals surface area (Å²) < 4.78 is 10.5. The highest BCUT2D eigenvalue weighted by atomic mass is 16.5. The van der Waals surface area contributed by atoms with Crippen molar-refractivity contribution in [2.45, 2.75) is 13.0 Å². The van der Waals surface area contributed by atoms with E-state index in [4.69, 9.17) is 9.47 Å². The van der Waals surface area contributed by atoms with Gasteiger partial charge in [0.25, 0.3) is 0 Å². The molecule has 0 spiro atoms. The van der Waals surface area contributed by atoms with Crippen LogP contribution in [0.3, 0.4) is 0 Å². The smallest absolute Gasteiger partial charge is 0.227 e. The Kier molecular flexibility index (Phi) is 5.37. The van der Waals surface area contributed by atoms with Crippen molar-refractivity contribution in [1.82, 2.24) is 9.88 Å². The molecular weight excluding hydrogens is 328 g/mol. The molecule has 0 aliphatic carbocycles. The third kappa shape index (κ3) is 3.94. The summed E-state index contributed by atoms with van der Waals surface area (Å²) in [6.07, 6.45) is 2.07. The van der Waals surface area contributed by atoms with E-state index < -0.39 is 0 Å². The average molecular weight is 350 g/mol. The van der Waals surface area contributed by atoms with Gasteiger partial charge in [0.05, 0.1) is 26.2 Å². The fraction of sp³-hybridized carbons (Fsp3) is 0.238. The lowest BCUT2D eigenvalue weighted by atomic mass is 10.1. The number of ether oxygens (including phenoxy) is 2. The second kappa shape index (κ2) is 7.87. The standard InChI is InChI=1S/C21H22N2O3/c1-23(14-16-8-9-22-20-7-5-4-6-19(16)20)21(24)12-15-10-17(25-2)13-18(11-15)26-3/h4-11,13H,12,14H2,1-3H3. The predicted octanol–water partition coefficient (Wildman–Crippen LogP) is 3.45. The monoisotopic (exact) mass is 350 g/mol. The summed E-state index contributed by atoms with van der Waals surface area (Å²) in [5, 5.41) is 1.07. The number of nitrogens with zero attached hydrogens (tertiary/aromatic N) is 2. The Labute approximate surface area is 153 Å². The number of amides is 1. The maximum absolute atomic E-state index is 12.7. The summed E-state index contributed by atoms with van der Waals surface area (Å²) in [6.45, 7) is 0.531.